The van der Waals surface area contributed by atoms with Gasteiger partial charge in [0.25, 0.3) is 10.0 Å². The topological polar surface area (TPSA) is 66.5 Å². The number of sulfonamides is 1. The van der Waals surface area contributed by atoms with E-state index in [1.54, 1.807) is 42.5 Å². The van der Waals surface area contributed by atoms with Crippen LogP contribution < -0.4 is 9.62 Å². The Morgan fingerprint density at radius 1 is 0.812 bits per heavy atom. The molecule has 3 aromatic rings. The van der Waals surface area contributed by atoms with Gasteiger partial charge in [-0.05, 0) is 47.2 Å². The van der Waals surface area contributed by atoms with E-state index < -0.39 is 10.0 Å². The second-order valence-electron chi connectivity index (χ2n) is 8.19. The van der Waals surface area contributed by atoms with Crippen molar-refractivity contribution in [3.63, 3.8) is 0 Å². The number of carbonyl (C=O) groups excluding carboxylic acids is 1. The van der Waals surface area contributed by atoms with Gasteiger partial charge in [-0.15, -0.1) is 0 Å². The van der Waals surface area contributed by atoms with Crippen molar-refractivity contribution in [2.45, 2.75) is 37.5 Å². The molecule has 168 valence electrons. The molecule has 0 aliphatic heterocycles. The number of rotatable bonds is 9. The SMILES string of the molecule is CC(C)c1ccc(N(CC(=O)NC[C@@H](C)c2ccccc2)S(=O)(=O)c2ccccc2)cc1. The summed E-state index contributed by atoms with van der Waals surface area (Å²) >= 11 is 0. The van der Waals surface area contributed by atoms with Gasteiger partial charge >= 0.3 is 0 Å². The lowest BCUT2D eigenvalue weighted by molar-refractivity contribution is -0.119. The highest BCUT2D eigenvalue weighted by Gasteiger charge is 2.27. The van der Waals surface area contributed by atoms with Crippen molar-refractivity contribution in [2.24, 2.45) is 0 Å². The van der Waals surface area contributed by atoms with Crippen molar-refractivity contribution in [1.29, 1.82) is 0 Å². The summed E-state index contributed by atoms with van der Waals surface area (Å²) in [5.41, 5.74) is 2.68. The third-order valence-corrected chi connectivity index (χ3v) is 7.23. The molecule has 0 saturated heterocycles. The van der Waals surface area contributed by atoms with Crippen LogP contribution in [0.15, 0.2) is 89.8 Å². The van der Waals surface area contributed by atoms with Crippen molar-refractivity contribution >= 4 is 21.6 Å². The maximum absolute atomic E-state index is 13.4. The normalized spacial score (nSPS) is 12.4. The van der Waals surface area contributed by atoms with E-state index in [-0.39, 0.29) is 23.3 Å². The van der Waals surface area contributed by atoms with Crippen LogP contribution in [0.4, 0.5) is 5.69 Å². The van der Waals surface area contributed by atoms with E-state index in [4.69, 9.17) is 0 Å². The van der Waals surface area contributed by atoms with Crippen molar-refractivity contribution in [2.75, 3.05) is 17.4 Å². The molecule has 3 aromatic carbocycles. The van der Waals surface area contributed by atoms with E-state index in [1.807, 2.05) is 49.4 Å². The van der Waals surface area contributed by atoms with Gasteiger partial charge in [-0.25, -0.2) is 8.42 Å². The van der Waals surface area contributed by atoms with Gasteiger partial charge in [-0.1, -0.05) is 81.4 Å². The smallest absolute Gasteiger partial charge is 0.264 e. The van der Waals surface area contributed by atoms with Crippen LogP contribution in [0.2, 0.25) is 0 Å². The monoisotopic (exact) mass is 450 g/mol. The predicted octanol–water partition coefficient (Wildman–Crippen LogP) is 4.93. The first-order chi connectivity index (χ1) is 15.3. The fraction of sp³-hybridized carbons (Fsp3) is 0.269. The molecule has 0 radical (unpaired) electrons. The van der Waals surface area contributed by atoms with Gasteiger partial charge in [0.05, 0.1) is 10.6 Å². The van der Waals surface area contributed by atoms with Crippen LogP contribution in [0.25, 0.3) is 0 Å². The molecule has 1 N–H and O–H groups in total. The third kappa shape index (κ3) is 5.77. The standard InChI is InChI=1S/C26H30N2O3S/c1-20(2)22-14-16-24(17-15-22)28(32(30,31)25-12-8-5-9-13-25)19-26(29)27-18-21(3)23-10-6-4-7-11-23/h4-17,20-21H,18-19H2,1-3H3,(H,27,29)/t21-/m1/s1. The Morgan fingerprint density at radius 3 is 1.94 bits per heavy atom. The van der Waals surface area contributed by atoms with Gasteiger partial charge in [0.2, 0.25) is 5.91 Å². The number of hydrogen-bond donors (Lipinski definition) is 1. The highest BCUT2D eigenvalue weighted by atomic mass is 32.2. The molecule has 0 saturated carbocycles. The molecular weight excluding hydrogens is 420 g/mol. The molecule has 0 bridgehead atoms. The van der Waals surface area contributed by atoms with Crippen LogP contribution in [0.5, 0.6) is 0 Å². The van der Waals surface area contributed by atoms with E-state index in [0.717, 1.165) is 11.1 Å². The molecule has 0 spiro atoms. The molecule has 5 nitrogen and oxygen atoms in total. The molecule has 1 atom stereocenters. The zero-order valence-corrected chi connectivity index (χ0v) is 19.5. The lowest BCUT2D eigenvalue weighted by Gasteiger charge is -2.25. The fourth-order valence-corrected chi connectivity index (χ4v) is 4.85. The number of amides is 1. The molecule has 0 aliphatic rings. The van der Waals surface area contributed by atoms with Gasteiger partial charge in [0, 0.05) is 6.54 Å². The fourth-order valence-electron chi connectivity index (χ4n) is 3.41. The first-order valence-corrected chi connectivity index (χ1v) is 12.2. The third-order valence-electron chi connectivity index (χ3n) is 5.44. The van der Waals surface area contributed by atoms with Gasteiger partial charge in [-0.3, -0.25) is 9.10 Å². The predicted molar refractivity (Wildman–Crippen MR) is 129 cm³/mol. The summed E-state index contributed by atoms with van der Waals surface area (Å²) < 4.78 is 28.0. The Balaban J connectivity index is 1.81. The maximum atomic E-state index is 13.4. The van der Waals surface area contributed by atoms with E-state index in [2.05, 4.69) is 19.2 Å². The summed E-state index contributed by atoms with van der Waals surface area (Å²) in [7, 11) is -3.90. The number of anilines is 1. The van der Waals surface area contributed by atoms with E-state index >= 15 is 0 Å². The summed E-state index contributed by atoms with van der Waals surface area (Å²) in [6.07, 6.45) is 0. The molecule has 3 rings (SSSR count). The van der Waals surface area contributed by atoms with Crippen LogP contribution in [-0.2, 0) is 14.8 Å². The zero-order valence-electron chi connectivity index (χ0n) is 18.7. The molecule has 0 aliphatic carbocycles. The van der Waals surface area contributed by atoms with E-state index in [1.165, 1.54) is 4.31 Å². The summed E-state index contributed by atoms with van der Waals surface area (Å²) in [4.78, 5) is 12.9. The largest absolute Gasteiger partial charge is 0.354 e. The summed E-state index contributed by atoms with van der Waals surface area (Å²) in [6.45, 7) is 6.32. The minimum Gasteiger partial charge on any atom is -0.354 e. The number of nitrogens with one attached hydrogen (secondary N) is 1. The van der Waals surface area contributed by atoms with Crippen molar-refractivity contribution in [1.82, 2.24) is 5.32 Å². The molecule has 0 heterocycles. The molecule has 1 amide bonds. The number of hydrogen-bond acceptors (Lipinski definition) is 3. The molecule has 6 heteroatoms. The number of nitrogens with zero attached hydrogens (tertiary/aromatic N) is 1. The van der Waals surface area contributed by atoms with Gasteiger partial charge in [0.1, 0.15) is 6.54 Å². The van der Waals surface area contributed by atoms with Gasteiger partial charge in [-0.2, -0.15) is 0 Å². The highest BCUT2D eigenvalue weighted by Crippen LogP contribution is 2.25. The van der Waals surface area contributed by atoms with Gasteiger partial charge < -0.3 is 5.32 Å². The first kappa shape index (κ1) is 23.5. The number of benzene rings is 3. The summed E-state index contributed by atoms with van der Waals surface area (Å²) in [5.74, 6) is 0.0934. The molecule has 32 heavy (non-hydrogen) atoms. The molecule has 0 unspecified atom stereocenters. The minimum absolute atomic E-state index is 0.115. The van der Waals surface area contributed by atoms with Crippen LogP contribution in [0.1, 0.15) is 43.7 Å². The van der Waals surface area contributed by atoms with Crippen molar-refractivity contribution in [3.05, 3.63) is 96.1 Å². The van der Waals surface area contributed by atoms with Crippen LogP contribution in [0, 0.1) is 0 Å². The quantitative estimate of drug-likeness (QED) is 0.503. The first-order valence-electron chi connectivity index (χ1n) is 10.8. The maximum Gasteiger partial charge on any atom is 0.264 e. The second-order valence-corrected chi connectivity index (χ2v) is 10.0. The average molecular weight is 451 g/mol. The van der Waals surface area contributed by atoms with Gasteiger partial charge in [0.15, 0.2) is 0 Å². The Hall–Kier alpha value is -3.12. The lowest BCUT2D eigenvalue weighted by Crippen LogP contribution is -2.41. The van der Waals surface area contributed by atoms with Crippen molar-refractivity contribution in [3.8, 4) is 0 Å². The Kier molecular flexibility index (Phi) is 7.70. The second kappa shape index (κ2) is 10.5. The summed E-state index contributed by atoms with van der Waals surface area (Å²) in [5, 5.41) is 2.89. The molecule has 0 fully saturated rings. The lowest BCUT2D eigenvalue weighted by atomic mass is 10.0. The molecular formula is C26H30N2O3S. The Labute approximate surface area is 191 Å². The van der Waals surface area contributed by atoms with Crippen LogP contribution in [-0.4, -0.2) is 27.4 Å². The van der Waals surface area contributed by atoms with E-state index in [9.17, 15) is 13.2 Å². The zero-order chi connectivity index (χ0) is 23.1. The Bertz CT molecular complexity index is 1110. The Morgan fingerprint density at radius 2 is 1.38 bits per heavy atom. The summed E-state index contributed by atoms with van der Waals surface area (Å²) in [6, 6.07) is 25.4. The van der Waals surface area contributed by atoms with Crippen molar-refractivity contribution < 1.29 is 13.2 Å². The van der Waals surface area contributed by atoms with E-state index in [0.29, 0.717) is 18.2 Å². The highest BCUT2D eigenvalue weighted by molar-refractivity contribution is 7.92. The minimum atomic E-state index is -3.90. The molecule has 0 aromatic heterocycles. The van der Waals surface area contributed by atoms with Crippen LogP contribution in [0.3, 0.4) is 0 Å². The average Bonchev–Trinajstić information content (AvgIpc) is 2.82. The number of carbonyl (C=O) groups is 1. The van der Waals surface area contributed by atoms with Crippen LogP contribution >= 0.6 is 0 Å².